The Hall–Kier alpha value is -2.29. The molecule has 2 rings (SSSR count). The van der Waals surface area contributed by atoms with E-state index in [2.05, 4.69) is 5.32 Å². The summed E-state index contributed by atoms with van der Waals surface area (Å²) in [7, 11) is 0. The van der Waals surface area contributed by atoms with E-state index in [1.165, 1.54) is 0 Å². The lowest BCUT2D eigenvalue weighted by atomic mass is 10.1. The minimum atomic E-state index is -0.150. The molecule has 2 aromatic rings. The second-order valence-corrected chi connectivity index (χ2v) is 3.91. The van der Waals surface area contributed by atoms with Crippen molar-refractivity contribution in [2.45, 2.75) is 48.5 Å². The summed E-state index contributed by atoms with van der Waals surface area (Å²) in [6, 6.07) is 14.6. The number of benzene rings is 2. The monoisotopic (exact) mass is 316 g/mol. The van der Waals surface area contributed by atoms with E-state index in [0.29, 0.717) is 16.9 Å². The van der Waals surface area contributed by atoms with Gasteiger partial charge in [-0.05, 0) is 31.2 Å². The topological polar surface area (TPSA) is 55.1 Å². The molecule has 3 N–H and O–H groups in total. The molecule has 128 valence electrons. The van der Waals surface area contributed by atoms with Crippen molar-refractivity contribution in [3.63, 3.8) is 0 Å². The number of nitrogen functional groups attached to an aromatic ring is 1. The van der Waals surface area contributed by atoms with Gasteiger partial charge in [0.1, 0.15) is 0 Å². The van der Waals surface area contributed by atoms with E-state index in [-0.39, 0.29) is 5.91 Å². The van der Waals surface area contributed by atoms with Crippen molar-refractivity contribution in [2.75, 3.05) is 11.1 Å². The number of aryl methyl sites for hydroxylation is 1. The molecule has 0 atom stereocenters. The van der Waals surface area contributed by atoms with E-state index < -0.39 is 0 Å². The largest absolute Gasteiger partial charge is 0.397 e. The van der Waals surface area contributed by atoms with Crippen LogP contribution in [0.15, 0.2) is 48.5 Å². The van der Waals surface area contributed by atoms with Crippen LogP contribution < -0.4 is 11.1 Å². The summed E-state index contributed by atoms with van der Waals surface area (Å²) < 4.78 is 0. The third-order valence-corrected chi connectivity index (χ3v) is 2.52. The van der Waals surface area contributed by atoms with E-state index in [0.717, 1.165) is 5.56 Å². The number of amides is 1. The van der Waals surface area contributed by atoms with Crippen LogP contribution in [0.1, 0.15) is 57.5 Å². The minimum absolute atomic E-state index is 0.150. The van der Waals surface area contributed by atoms with E-state index in [4.69, 9.17) is 5.73 Å². The van der Waals surface area contributed by atoms with Crippen LogP contribution >= 0.6 is 0 Å². The predicted octanol–water partition coefficient (Wildman–Crippen LogP) is 5.91. The average Bonchev–Trinajstić information content (AvgIpc) is 2.63. The van der Waals surface area contributed by atoms with Crippen LogP contribution in [0.2, 0.25) is 0 Å². The van der Waals surface area contributed by atoms with Crippen LogP contribution in [0.4, 0.5) is 11.4 Å². The molecule has 0 spiro atoms. The maximum absolute atomic E-state index is 11.9. The molecule has 3 nitrogen and oxygen atoms in total. The van der Waals surface area contributed by atoms with Crippen molar-refractivity contribution in [3.8, 4) is 0 Å². The van der Waals surface area contributed by atoms with Crippen LogP contribution in [0.25, 0.3) is 0 Å². The van der Waals surface area contributed by atoms with Gasteiger partial charge in [-0.3, -0.25) is 4.79 Å². The molecule has 0 radical (unpaired) electrons. The lowest BCUT2D eigenvalue weighted by molar-refractivity contribution is 0.102. The molecule has 0 heterocycles. The fourth-order valence-corrected chi connectivity index (χ4v) is 1.51. The molecule has 0 aromatic heterocycles. The van der Waals surface area contributed by atoms with Crippen molar-refractivity contribution in [1.29, 1.82) is 0 Å². The molecular weight excluding hydrogens is 284 g/mol. The Morgan fingerprint density at radius 2 is 1.30 bits per heavy atom. The van der Waals surface area contributed by atoms with Gasteiger partial charge < -0.3 is 11.1 Å². The number of carbonyl (C=O) groups excluding carboxylic acids is 1. The zero-order valence-electron chi connectivity index (χ0n) is 15.6. The van der Waals surface area contributed by atoms with E-state index >= 15 is 0 Å². The quantitative estimate of drug-likeness (QED) is 0.677. The summed E-state index contributed by atoms with van der Waals surface area (Å²) in [6.07, 6.45) is 0. The van der Waals surface area contributed by atoms with Crippen LogP contribution in [-0.4, -0.2) is 5.91 Å². The maximum Gasteiger partial charge on any atom is 0.255 e. The molecule has 0 bridgehead atoms. The molecular formula is C20H32N2O. The number of nitrogens with one attached hydrogen (secondary N) is 1. The predicted molar refractivity (Wildman–Crippen MR) is 104 cm³/mol. The van der Waals surface area contributed by atoms with Gasteiger partial charge in [0.2, 0.25) is 0 Å². The van der Waals surface area contributed by atoms with Crippen LogP contribution in [0, 0.1) is 6.92 Å². The van der Waals surface area contributed by atoms with Crippen molar-refractivity contribution in [3.05, 3.63) is 59.7 Å². The molecule has 0 fully saturated rings. The van der Waals surface area contributed by atoms with Crippen LogP contribution in [-0.2, 0) is 0 Å². The molecule has 1 amide bonds. The third kappa shape index (κ3) is 8.67. The van der Waals surface area contributed by atoms with Crippen molar-refractivity contribution in [2.24, 2.45) is 0 Å². The number of anilines is 2. The molecule has 23 heavy (non-hydrogen) atoms. The van der Waals surface area contributed by atoms with Crippen LogP contribution in [0.3, 0.4) is 0 Å². The fraction of sp³-hybridized carbons (Fsp3) is 0.350. The highest BCUT2D eigenvalue weighted by Crippen LogP contribution is 2.17. The smallest absolute Gasteiger partial charge is 0.255 e. The Morgan fingerprint density at radius 3 is 1.78 bits per heavy atom. The van der Waals surface area contributed by atoms with Gasteiger partial charge in [0.25, 0.3) is 5.91 Å². The fourth-order valence-electron chi connectivity index (χ4n) is 1.51. The van der Waals surface area contributed by atoms with Gasteiger partial charge in [0, 0.05) is 5.56 Å². The number of hydrogen-bond donors (Lipinski definition) is 2. The zero-order valence-corrected chi connectivity index (χ0v) is 15.6. The summed E-state index contributed by atoms with van der Waals surface area (Å²) in [4.78, 5) is 11.9. The molecule has 0 aliphatic heterocycles. The first-order valence-corrected chi connectivity index (χ1v) is 8.39. The zero-order chi connectivity index (χ0) is 18.3. The Kier molecular flexibility index (Phi) is 14.6. The summed E-state index contributed by atoms with van der Waals surface area (Å²) in [6.45, 7) is 14.0. The molecule has 0 saturated carbocycles. The highest BCUT2D eigenvalue weighted by atomic mass is 16.1. The van der Waals surface area contributed by atoms with Crippen molar-refractivity contribution >= 4 is 17.3 Å². The van der Waals surface area contributed by atoms with Gasteiger partial charge in [0.05, 0.1) is 11.4 Å². The van der Waals surface area contributed by atoms with Gasteiger partial charge in [0.15, 0.2) is 0 Å². The van der Waals surface area contributed by atoms with Crippen LogP contribution in [0.5, 0.6) is 0 Å². The molecule has 2 aromatic carbocycles. The second-order valence-electron chi connectivity index (χ2n) is 3.91. The van der Waals surface area contributed by atoms with E-state index in [1.54, 1.807) is 24.3 Å². The van der Waals surface area contributed by atoms with Gasteiger partial charge in [-0.1, -0.05) is 71.4 Å². The van der Waals surface area contributed by atoms with E-state index in [1.807, 2.05) is 72.7 Å². The number of hydrogen-bond acceptors (Lipinski definition) is 2. The molecule has 3 heteroatoms. The Bertz CT molecular complexity index is 534. The summed E-state index contributed by atoms with van der Waals surface area (Å²) in [5.41, 5.74) is 8.71. The first kappa shape index (κ1) is 23.0. The lowest BCUT2D eigenvalue weighted by Crippen LogP contribution is -2.12. The normalized spacial score (nSPS) is 8.13. The number of carbonyl (C=O) groups is 1. The van der Waals surface area contributed by atoms with Crippen molar-refractivity contribution in [1.82, 2.24) is 0 Å². The lowest BCUT2D eigenvalue weighted by Gasteiger charge is -2.07. The number of para-hydroxylation sites is 2. The van der Waals surface area contributed by atoms with Crippen molar-refractivity contribution < 1.29 is 4.79 Å². The Labute approximate surface area is 141 Å². The first-order valence-electron chi connectivity index (χ1n) is 8.39. The Balaban J connectivity index is 0. The van der Waals surface area contributed by atoms with Gasteiger partial charge >= 0.3 is 0 Å². The second kappa shape index (κ2) is 14.6. The SMILES string of the molecule is CC.CC.CC.Cc1ccc(C(=O)Nc2ccccc2N)cc1. The highest BCUT2D eigenvalue weighted by molar-refractivity contribution is 6.05. The third-order valence-electron chi connectivity index (χ3n) is 2.52. The summed E-state index contributed by atoms with van der Waals surface area (Å²) >= 11 is 0. The van der Waals surface area contributed by atoms with Gasteiger partial charge in [-0.2, -0.15) is 0 Å². The van der Waals surface area contributed by atoms with Gasteiger partial charge in [-0.25, -0.2) is 0 Å². The first-order chi connectivity index (χ1) is 11.2. The standard InChI is InChI=1S/C14H14N2O.3C2H6/c1-10-6-8-11(9-7-10)14(17)16-13-5-3-2-4-12(13)15;3*1-2/h2-9H,15H2,1H3,(H,16,17);3*1-2H3. The molecule has 0 aliphatic carbocycles. The van der Waals surface area contributed by atoms with E-state index in [9.17, 15) is 4.79 Å². The molecule has 0 aliphatic rings. The number of nitrogens with two attached hydrogens (primary N) is 1. The number of rotatable bonds is 2. The summed E-state index contributed by atoms with van der Waals surface area (Å²) in [5.74, 6) is -0.150. The summed E-state index contributed by atoms with van der Waals surface area (Å²) in [5, 5.41) is 2.78. The average molecular weight is 316 g/mol. The molecule has 0 unspecified atom stereocenters. The minimum Gasteiger partial charge on any atom is -0.397 e. The maximum atomic E-state index is 11.9. The highest BCUT2D eigenvalue weighted by Gasteiger charge is 2.06. The molecule has 0 saturated heterocycles. The Morgan fingerprint density at radius 1 is 0.826 bits per heavy atom. The van der Waals surface area contributed by atoms with Gasteiger partial charge in [-0.15, -0.1) is 0 Å².